The van der Waals surface area contributed by atoms with Crippen LogP contribution in [-0.4, -0.2) is 24.4 Å². The molecular weight excluding hydrogens is 513 g/mol. The molecule has 1 aliphatic heterocycles. The Morgan fingerprint density at radius 3 is 2.38 bits per heavy atom. The third-order valence-corrected chi connectivity index (χ3v) is 8.62. The van der Waals surface area contributed by atoms with Crippen molar-refractivity contribution in [3.05, 3.63) is 18.2 Å². The van der Waals surface area contributed by atoms with Crippen LogP contribution in [0.25, 0.3) is 5.32 Å². The van der Waals surface area contributed by atoms with Crippen LogP contribution in [0.3, 0.4) is 0 Å². The molecule has 0 aromatic rings. The topological polar surface area (TPSA) is 14.1 Å². The zero-order valence-electron chi connectivity index (χ0n) is 16.9. The van der Waals surface area contributed by atoms with Gasteiger partial charge in [-0.2, -0.15) is 30.7 Å². The Morgan fingerprint density at radius 2 is 1.65 bits per heavy atom. The van der Waals surface area contributed by atoms with Gasteiger partial charge in [-0.3, -0.25) is 0 Å². The van der Waals surface area contributed by atoms with E-state index in [1.54, 1.807) is 0 Å². The Labute approximate surface area is 179 Å². The number of hydrogen-bond donors (Lipinski definition) is 0. The standard InChI is InChI=1S/C12H22P.C11H19N.Ir/c1-2-13-12-9-5-7-10-6-3-4-8-11(10)12;1-2-6-10(7-3-1)11-8-4-5-9-12-11;/h8,10-13H,2-7,9H2,1H3;6,10-11H,1-5,7-9H2;/q-1;-2;+3. The molecule has 0 N–H and O–H groups in total. The predicted octanol–water partition coefficient (Wildman–Crippen LogP) is 7.16. The largest absolute Gasteiger partial charge is 3.00 e. The summed E-state index contributed by atoms with van der Waals surface area (Å²) >= 11 is 0. The van der Waals surface area contributed by atoms with E-state index in [1.165, 1.54) is 98.2 Å². The van der Waals surface area contributed by atoms with Gasteiger partial charge in [0.25, 0.3) is 0 Å². The molecule has 152 valence electrons. The first kappa shape index (κ1) is 23.3. The zero-order valence-corrected chi connectivity index (χ0v) is 20.3. The summed E-state index contributed by atoms with van der Waals surface area (Å²) in [5.74, 6) is 2.96. The second-order valence-electron chi connectivity index (χ2n) is 8.75. The second-order valence-corrected chi connectivity index (χ2v) is 10.6. The van der Waals surface area contributed by atoms with Crippen LogP contribution in [0.4, 0.5) is 0 Å². The smallest absolute Gasteiger partial charge is 0.661 e. The second kappa shape index (κ2) is 13.3. The number of piperidine rings is 1. The number of hydrogen-bond acceptors (Lipinski definition) is 0. The molecule has 0 aromatic heterocycles. The molecule has 3 saturated carbocycles. The van der Waals surface area contributed by atoms with E-state index in [9.17, 15) is 0 Å². The molecule has 6 atom stereocenters. The van der Waals surface area contributed by atoms with Gasteiger partial charge in [0.15, 0.2) is 0 Å². The Balaban J connectivity index is 0.000000180. The van der Waals surface area contributed by atoms with Gasteiger partial charge >= 0.3 is 20.1 Å². The van der Waals surface area contributed by atoms with Crippen LogP contribution in [-0.2, 0) is 20.1 Å². The Bertz CT molecular complexity index is 332. The van der Waals surface area contributed by atoms with Crippen LogP contribution in [0, 0.1) is 30.6 Å². The van der Waals surface area contributed by atoms with Gasteiger partial charge in [-0.15, -0.1) is 15.1 Å². The summed E-state index contributed by atoms with van der Waals surface area (Å²) in [5, 5.41) is 4.72. The average molecular weight is 555 g/mol. The predicted molar refractivity (Wildman–Crippen MR) is 114 cm³/mol. The van der Waals surface area contributed by atoms with Gasteiger partial charge < -0.3 is 18.2 Å². The molecule has 1 heterocycles. The quantitative estimate of drug-likeness (QED) is 0.260. The van der Waals surface area contributed by atoms with E-state index in [0.29, 0.717) is 6.04 Å². The third-order valence-electron chi connectivity index (χ3n) is 7.01. The van der Waals surface area contributed by atoms with Gasteiger partial charge in [0, 0.05) is 0 Å². The third kappa shape index (κ3) is 7.13. The van der Waals surface area contributed by atoms with Crippen molar-refractivity contribution in [1.29, 1.82) is 0 Å². The number of nitrogens with zero attached hydrogens (tertiary/aromatic N) is 1. The molecule has 0 radical (unpaired) electrons. The maximum Gasteiger partial charge on any atom is 3.00 e. The van der Waals surface area contributed by atoms with Crippen LogP contribution in [0.2, 0.25) is 0 Å². The maximum absolute atomic E-state index is 4.72. The van der Waals surface area contributed by atoms with Gasteiger partial charge in [-0.05, 0) is 18.2 Å². The van der Waals surface area contributed by atoms with E-state index in [0.717, 1.165) is 30.0 Å². The summed E-state index contributed by atoms with van der Waals surface area (Å²) in [6.07, 6.45) is 25.3. The fraction of sp³-hybridized carbons (Fsp3) is 0.913. The molecule has 0 amide bonds. The van der Waals surface area contributed by atoms with Crippen LogP contribution < -0.4 is 0 Å². The van der Waals surface area contributed by atoms with E-state index in [1.807, 2.05) is 0 Å². The summed E-state index contributed by atoms with van der Waals surface area (Å²) in [6, 6.07) is 0.707. The SMILES string of the molecule is CCPC1CCCC2CCC[CH-]C21.[CH-]1CCCCC1C1CCCC[N-]1.[Ir+3]. The minimum Gasteiger partial charge on any atom is -0.661 e. The number of fused-ring (bicyclic) bond motifs is 1. The molecule has 0 spiro atoms. The molecule has 4 rings (SSSR count). The summed E-state index contributed by atoms with van der Waals surface area (Å²) < 4.78 is 0. The van der Waals surface area contributed by atoms with Crippen molar-refractivity contribution >= 4 is 8.58 Å². The van der Waals surface area contributed by atoms with Crippen LogP contribution in [0.15, 0.2) is 0 Å². The molecule has 26 heavy (non-hydrogen) atoms. The first-order valence-corrected chi connectivity index (χ1v) is 12.7. The molecule has 6 unspecified atom stereocenters. The van der Waals surface area contributed by atoms with E-state index < -0.39 is 0 Å². The molecule has 4 fully saturated rings. The van der Waals surface area contributed by atoms with Crippen molar-refractivity contribution in [3.8, 4) is 0 Å². The minimum atomic E-state index is 0. The molecule has 0 bridgehead atoms. The van der Waals surface area contributed by atoms with Crippen molar-refractivity contribution in [2.75, 3.05) is 12.7 Å². The molecule has 1 nitrogen and oxygen atoms in total. The molecular formula is C23H41IrNP. The monoisotopic (exact) mass is 555 g/mol. The Hall–Kier alpha value is 1.04. The summed E-state index contributed by atoms with van der Waals surface area (Å²) in [7, 11) is 1.24. The van der Waals surface area contributed by atoms with Crippen molar-refractivity contribution < 1.29 is 20.1 Å². The van der Waals surface area contributed by atoms with Crippen LogP contribution >= 0.6 is 8.58 Å². The average Bonchev–Trinajstić information content (AvgIpc) is 2.70. The van der Waals surface area contributed by atoms with Gasteiger partial charge in [0.05, 0.1) is 0 Å². The summed E-state index contributed by atoms with van der Waals surface area (Å²) in [6.45, 7) is 3.49. The zero-order chi connectivity index (χ0) is 17.3. The molecule has 3 aliphatic carbocycles. The minimum absolute atomic E-state index is 0. The number of rotatable bonds is 3. The summed E-state index contributed by atoms with van der Waals surface area (Å²) in [4.78, 5) is 0. The fourth-order valence-corrected chi connectivity index (χ4v) is 7.30. The van der Waals surface area contributed by atoms with Crippen LogP contribution in [0.1, 0.15) is 90.4 Å². The summed E-state index contributed by atoms with van der Waals surface area (Å²) in [5.41, 5.74) is 1.09. The normalized spacial score (nSPS) is 38.0. The maximum atomic E-state index is 4.72. The van der Waals surface area contributed by atoms with Crippen molar-refractivity contribution in [1.82, 2.24) is 0 Å². The van der Waals surface area contributed by atoms with Gasteiger partial charge in [-0.1, -0.05) is 77.0 Å². The van der Waals surface area contributed by atoms with Gasteiger partial charge in [-0.25, -0.2) is 0 Å². The van der Waals surface area contributed by atoms with Gasteiger partial charge in [0.1, 0.15) is 0 Å². The van der Waals surface area contributed by atoms with Gasteiger partial charge in [0.2, 0.25) is 0 Å². The molecule has 0 aromatic carbocycles. The molecule has 4 aliphatic rings. The Morgan fingerprint density at radius 1 is 0.846 bits per heavy atom. The molecule has 1 saturated heterocycles. The fourth-order valence-electron chi connectivity index (χ4n) is 5.68. The van der Waals surface area contributed by atoms with Crippen molar-refractivity contribution in [3.63, 3.8) is 0 Å². The van der Waals surface area contributed by atoms with E-state index in [2.05, 4.69) is 19.8 Å². The first-order valence-electron chi connectivity index (χ1n) is 11.4. The molecule has 3 heteroatoms. The van der Waals surface area contributed by atoms with E-state index >= 15 is 0 Å². The first-order chi connectivity index (χ1) is 12.4. The Kier molecular flexibility index (Phi) is 11.9. The van der Waals surface area contributed by atoms with E-state index in [-0.39, 0.29) is 20.1 Å². The van der Waals surface area contributed by atoms with Crippen molar-refractivity contribution in [2.45, 2.75) is 102 Å². The van der Waals surface area contributed by atoms with Crippen molar-refractivity contribution in [2.24, 2.45) is 17.8 Å². The van der Waals surface area contributed by atoms with E-state index in [4.69, 9.17) is 5.32 Å². The van der Waals surface area contributed by atoms with Crippen LogP contribution in [0.5, 0.6) is 0 Å².